The van der Waals surface area contributed by atoms with Gasteiger partial charge in [-0.3, -0.25) is 9.69 Å². The minimum Gasteiger partial charge on any atom is -0.480 e. The highest BCUT2D eigenvalue weighted by atomic mass is 16.4. The third kappa shape index (κ3) is 3.38. The Kier molecular flexibility index (Phi) is 4.64. The van der Waals surface area contributed by atoms with E-state index in [-0.39, 0.29) is 0 Å². The van der Waals surface area contributed by atoms with E-state index in [0.29, 0.717) is 0 Å². The summed E-state index contributed by atoms with van der Waals surface area (Å²) in [7, 11) is 0. The van der Waals surface area contributed by atoms with Crippen molar-refractivity contribution in [3.63, 3.8) is 0 Å². The van der Waals surface area contributed by atoms with Gasteiger partial charge in [0.1, 0.15) is 11.8 Å². The number of carboxylic acids is 1. The lowest BCUT2D eigenvalue weighted by molar-refractivity contribution is -0.144. The molecule has 0 saturated carbocycles. The van der Waals surface area contributed by atoms with Gasteiger partial charge in [0.05, 0.1) is 6.26 Å². The second-order valence-electron chi connectivity index (χ2n) is 5.72. The van der Waals surface area contributed by atoms with Gasteiger partial charge in [-0.25, -0.2) is 0 Å². The van der Waals surface area contributed by atoms with Crippen LogP contribution in [0, 0.1) is 5.92 Å². The van der Waals surface area contributed by atoms with Crippen LogP contribution in [-0.2, 0) is 11.2 Å². The zero-order valence-corrected chi connectivity index (χ0v) is 11.8. The van der Waals surface area contributed by atoms with Crippen LogP contribution in [0.3, 0.4) is 0 Å². The van der Waals surface area contributed by atoms with E-state index in [4.69, 9.17) is 4.42 Å². The Labute approximate surface area is 114 Å². The van der Waals surface area contributed by atoms with Crippen LogP contribution in [0.15, 0.2) is 16.7 Å². The fraction of sp³-hybridized carbons (Fsp3) is 0.667. The minimum absolute atomic E-state index is 0.526. The van der Waals surface area contributed by atoms with Crippen molar-refractivity contribution in [2.75, 3.05) is 13.1 Å². The van der Waals surface area contributed by atoms with Crippen molar-refractivity contribution in [3.05, 3.63) is 23.7 Å². The van der Waals surface area contributed by atoms with Crippen molar-refractivity contribution in [1.82, 2.24) is 4.90 Å². The van der Waals surface area contributed by atoms with Gasteiger partial charge in [0.25, 0.3) is 0 Å². The fourth-order valence-electron chi connectivity index (χ4n) is 2.77. The van der Waals surface area contributed by atoms with Gasteiger partial charge >= 0.3 is 5.97 Å². The van der Waals surface area contributed by atoms with E-state index in [1.807, 2.05) is 0 Å². The van der Waals surface area contributed by atoms with Gasteiger partial charge in [-0.2, -0.15) is 0 Å². The molecule has 4 nitrogen and oxygen atoms in total. The van der Waals surface area contributed by atoms with Gasteiger partial charge in [0, 0.05) is 18.5 Å². The Morgan fingerprint density at radius 2 is 2.32 bits per heavy atom. The Morgan fingerprint density at radius 1 is 1.53 bits per heavy atom. The molecule has 1 aliphatic rings. The Morgan fingerprint density at radius 3 is 3.00 bits per heavy atom. The Hall–Kier alpha value is -1.29. The Bertz CT molecular complexity index is 425. The van der Waals surface area contributed by atoms with Crippen molar-refractivity contribution in [1.29, 1.82) is 0 Å². The number of hydrogen-bond donors (Lipinski definition) is 1. The molecular formula is C15H23NO3. The molecule has 0 spiro atoms. The van der Waals surface area contributed by atoms with Gasteiger partial charge in [0.15, 0.2) is 0 Å². The molecule has 0 aromatic carbocycles. The number of hydrogen-bond acceptors (Lipinski definition) is 3. The lowest BCUT2D eigenvalue weighted by Crippen LogP contribution is -2.39. The molecule has 0 amide bonds. The van der Waals surface area contributed by atoms with E-state index in [2.05, 4.69) is 18.7 Å². The second-order valence-corrected chi connectivity index (χ2v) is 5.72. The molecule has 0 saturated heterocycles. The molecule has 1 N–H and O–H groups in total. The molecule has 1 unspecified atom stereocenters. The fourth-order valence-corrected chi connectivity index (χ4v) is 2.77. The molecule has 19 heavy (non-hydrogen) atoms. The summed E-state index contributed by atoms with van der Waals surface area (Å²) >= 11 is 0. The van der Waals surface area contributed by atoms with Crippen molar-refractivity contribution in [2.45, 2.75) is 45.6 Å². The summed E-state index contributed by atoms with van der Waals surface area (Å²) in [4.78, 5) is 13.6. The van der Waals surface area contributed by atoms with Crippen molar-refractivity contribution in [3.8, 4) is 0 Å². The van der Waals surface area contributed by atoms with Crippen LogP contribution in [0.5, 0.6) is 0 Å². The molecule has 106 valence electrons. The maximum absolute atomic E-state index is 11.5. The van der Waals surface area contributed by atoms with Gasteiger partial charge in [-0.15, -0.1) is 0 Å². The van der Waals surface area contributed by atoms with Crippen LogP contribution in [0.2, 0.25) is 0 Å². The van der Waals surface area contributed by atoms with Gasteiger partial charge in [-0.05, 0) is 24.9 Å². The van der Waals surface area contributed by atoms with Crippen LogP contribution in [-0.4, -0.2) is 29.1 Å². The topological polar surface area (TPSA) is 53.7 Å². The summed E-state index contributed by atoms with van der Waals surface area (Å²) in [6.07, 6.45) is 5.86. The van der Waals surface area contributed by atoms with Crippen molar-refractivity contribution >= 4 is 5.97 Å². The molecule has 0 aliphatic carbocycles. The third-order valence-electron chi connectivity index (χ3n) is 3.78. The average molecular weight is 265 g/mol. The van der Waals surface area contributed by atoms with Crippen LogP contribution in [0.25, 0.3) is 0 Å². The monoisotopic (exact) mass is 265 g/mol. The predicted molar refractivity (Wildman–Crippen MR) is 73.1 cm³/mol. The van der Waals surface area contributed by atoms with Crippen LogP contribution >= 0.6 is 0 Å². The first-order valence-electron chi connectivity index (χ1n) is 7.12. The van der Waals surface area contributed by atoms with E-state index < -0.39 is 12.0 Å². The van der Waals surface area contributed by atoms with Crippen LogP contribution in [0.4, 0.5) is 0 Å². The third-order valence-corrected chi connectivity index (χ3v) is 3.78. The number of unbranched alkanes of at least 4 members (excludes halogenated alkanes) is 1. The molecule has 4 heteroatoms. The summed E-state index contributed by atoms with van der Waals surface area (Å²) in [5.41, 5.74) is 0.836. The maximum Gasteiger partial charge on any atom is 0.325 e. The lowest BCUT2D eigenvalue weighted by Gasteiger charge is -2.32. The van der Waals surface area contributed by atoms with E-state index in [0.717, 1.165) is 43.2 Å². The summed E-state index contributed by atoms with van der Waals surface area (Å²) < 4.78 is 5.35. The zero-order valence-electron chi connectivity index (χ0n) is 11.8. The molecule has 1 aromatic rings. The predicted octanol–water partition coefficient (Wildman–Crippen LogP) is 3.09. The molecule has 1 aromatic heterocycles. The number of carboxylic acid groups (broad SMARTS) is 1. The van der Waals surface area contributed by atoms with Crippen molar-refractivity contribution in [2.24, 2.45) is 5.92 Å². The average Bonchev–Trinajstić information content (AvgIpc) is 2.81. The quantitative estimate of drug-likeness (QED) is 0.803. The normalized spacial score (nSPS) is 19.6. The molecule has 2 rings (SSSR count). The molecule has 2 heterocycles. The number of furan rings is 1. The molecule has 0 bridgehead atoms. The summed E-state index contributed by atoms with van der Waals surface area (Å²) in [6.45, 7) is 6.07. The summed E-state index contributed by atoms with van der Waals surface area (Å²) in [5, 5.41) is 9.44. The zero-order chi connectivity index (χ0) is 13.8. The summed E-state index contributed by atoms with van der Waals surface area (Å²) in [5.74, 6) is 0.786. The minimum atomic E-state index is -0.772. The van der Waals surface area contributed by atoms with E-state index >= 15 is 0 Å². The summed E-state index contributed by atoms with van der Waals surface area (Å²) in [6, 6.07) is 1.27. The van der Waals surface area contributed by atoms with Crippen LogP contribution < -0.4 is 0 Å². The highest BCUT2D eigenvalue weighted by Crippen LogP contribution is 2.31. The number of fused-ring (bicyclic) bond motifs is 1. The first kappa shape index (κ1) is 14.1. The number of carbonyl (C=O) groups is 1. The second kappa shape index (κ2) is 6.24. The van der Waals surface area contributed by atoms with E-state index in [9.17, 15) is 9.90 Å². The molecule has 1 atom stereocenters. The molecule has 1 aliphatic heterocycles. The number of aliphatic carboxylic acids is 1. The van der Waals surface area contributed by atoms with Crippen LogP contribution in [0.1, 0.15) is 50.5 Å². The van der Waals surface area contributed by atoms with Crippen molar-refractivity contribution < 1.29 is 14.3 Å². The number of rotatable bonds is 6. The molecular weight excluding hydrogens is 242 g/mol. The van der Waals surface area contributed by atoms with Gasteiger partial charge < -0.3 is 9.52 Å². The van der Waals surface area contributed by atoms with E-state index in [1.54, 1.807) is 12.3 Å². The standard InChI is InChI=1S/C15H23NO3/c1-11(2)5-3-4-8-16-9-6-13-12(7-10-19-13)14(16)15(17)18/h7,10-11,14H,3-6,8-9H2,1-2H3,(H,17,18). The number of nitrogens with zero attached hydrogens (tertiary/aromatic N) is 1. The Balaban J connectivity index is 1.95. The van der Waals surface area contributed by atoms with E-state index in [1.165, 1.54) is 12.8 Å². The van der Waals surface area contributed by atoms with Gasteiger partial charge in [-0.1, -0.05) is 26.7 Å². The first-order valence-corrected chi connectivity index (χ1v) is 7.12. The first-order chi connectivity index (χ1) is 9.09. The SMILES string of the molecule is CC(C)CCCCN1CCc2occc2C1C(=O)O. The maximum atomic E-state index is 11.5. The largest absolute Gasteiger partial charge is 0.480 e. The smallest absolute Gasteiger partial charge is 0.325 e. The highest BCUT2D eigenvalue weighted by molar-refractivity contribution is 5.76. The molecule has 0 radical (unpaired) electrons. The lowest BCUT2D eigenvalue weighted by atomic mass is 9.98. The van der Waals surface area contributed by atoms with Gasteiger partial charge in [0.2, 0.25) is 0 Å². The molecule has 0 fully saturated rings. The highest BCUT2D eigenvalue weighted by Gasteiger charge is 2.34.